The summed E-state index contributed by atoms with van der Waals surface area (Å²) in [5.74, 6) is 0.613. The summed E-state index contributed by atoms with van der Waals surface area (Å²) in [6.07, 6.45) is 4.80. The number of H-pyrrole nitrogens is 1. The van der Waals surface area contributed by atoms with E-state index in [2.05, 4.69) is 27.1 Å². The van der Waals surface area contributed by atoms with Crippen LogP contribution in [0, 0.1) is 0 Å². The first-order valence-corrected chi connectivity index (χ1v) is 6.54. The second kappa shape index (κ2) is 5.86. The second-order valence-electron chi connectivity index (χ2n) is 4.71. The summed E-state index contributed by atoms with van der Waals surface area (Å²) in [5, 5.41) is 3.51. The fourth-order valence-corrected chi connectivity index (χ4v) is 2.34. The van der Waals surface area contributed by atoms with E-state index in [1.54, 1.807) is 0 Å². The number of hydrogen-bond donors (Lipinski definition) is 3. The van der Waals surface area contributed by atoms with Crippen LogP contribution in [0.4, 0.5) is 11.5 Å². The molecular weight excluding hydrogens is 230 g/mol. The lowest BCUT2D eigenvalue weighted by Gasteiger charge is -2.34. The predicted molar refractivity (Wildman–Crippen MR) is 72.8 cm³/mol. The lowest BCUT2D eigenvalue weighted by Crippen LogP contribution is -2.46. The van der Waals surface area contributed by atoms with E-state index >= 15 is 0 Å². The lowest BCUT2D eigenvalue weighted by molar-refractivity contribution is 0.422. The first-order chi connectivity index (χ1) is 8.72. The van der Waals surface area contributed by atoms with E-state index in [-0.39, 0.29) is 11.2 Å². The predicted octanol–water partition coefficient (Wildman–Crippen LogP) is 0.321. The van der Waals surface area contributed by atoms with Gasteiger partial charge in [0.1, 0.15) is 5.69 Å². The molecule has 2 rings (SSSR count). The average molecular weight is 251 g/mol. The van der Waals surface area contributed by atoms with Crippen molar-refractivity contribution >= 4 is 11.5 Å². The molecule has 18 heavy (non-hydrogen) atoms. The van der Waals surface area contributed by atoms with Crippen molar-refractivity contribution in [2.75, 3.05) is 30.3 Å². The van der Waals surface area contributed by atoms with Gasteiger partial charge >= 0.3 is 0 Å². The van der Waals surface area contributed by atoms with Crippen molar-refractivity contribution in [3.8, 4) is 0 Å². The highest BCUT2D eigenvalue weighted by atomic mass is 16.1. The van der Waals surface area contributed by atoms with E-state index < -0.39 is 0 Å². The number of piperidine rings is 1. The van der Waals surface area contributed by atoms with Crippen LogP contribution in [-0.4, -0.2) is 35.6 Å². The van der Waals surface area contributed by atoms with E-state index in [9.17, 15) is 4.79 Å². The standard InChI is InChI=1S/C12H21N5O/c1-2-5-14-9-4-3-6-17(7-9)11-10(13)12(18)16-8-15-11/h8-9,14H,2-7,13H2,1H3,(H,15,16,18). The molecule has 1 aliphatic rings. The normalized spacial score (nSPS) is 20.1. The highest BCUT2D eigenvalue weighted by Gasteiger charge is 2.22. The molecule has 1 unspecified atom stereocenters. The number of aromatic amines is 1. The molecule has 0 spiro atoms. The molecule has 0 radical (unpaired) electrons. The molecule has 0 aliphatic carbocycles. The number of nitrogens with zero attached hydrogens (tertiary/aromatic N) is 2. The Kier molecular flexibility index (Phi) is 4.19. The molecule has 1 aliphatic heterocycles. The van der Waals surface area contributed by atoms with Gasteiger partial charge in [0.2, 0.25) is 0 Å². The molecule has 1 saturated heterocycles. The number of nitrogens with two attached hydrogens (primary N) is 1. The van der Waals surface area contributed by atoms with E-state index in [0.29, 0.717) is 11.9 Å². The Hall–Kier alpha value is -1.56. The summed E-state index contributed by atoms with van der Waals surface area (Å²) in [4.78, 5) is 20.3. The van der Waals surface area contributed by atoms with Crippen LogP contribution in [-0.2, 0) is 0 Å². The number of aromatic nitrogens is 2. The lowest BCUT2D eigenvalue weighted by atomic mass is 10.1. The van der Waals surface area contributed by atoms with Gasteiger partial charge in [-0.25, -0.2) is 4.98 Å². The summed E-state index contributed by atoms with van der Waals surface area (Å²) in [7, 11) is 0. The number of anilines is 2. The maximum absolute atomic E-state index is 11.5. The van der Waals surface area contributed by atoms with Gasteiger partial charge in [-0.1, -0.05) is 6.92 Å². The Morgan fingerprint density at radius 3 is 3.28 bits per heavy atom. The minimum Gasteiger partial charge on any atom is -0.391 e. The van der Waals surface area contributed by atoms with E-state index in [1.165, 1.54) is 12.7 Å². The third-order valence-electron chi connectivity index (χ3n) is 3.27. The van der Waals surface area contributed by atoms with Crippen LogP contribution >= 0.6 is 0 Å². The molecule has 1 fully saturated rings. The third kappa shape index (κ3) is 2.81. The van der Waals surface area contributed by atoms with Gasteiger partial charge in [-0.3, -0.25) is 4.79 Å². The van der Waals surface area contributed by atoms with E-state index in [0.717, 1.165) is 32.5 Å². The van der Waals surface area contributed by atoms with Crippen LogP contribution in [0.5, 0.6) is 0 Å². The Bertz CT molecular complexity index is 444. The smallest absolute Gasteiger partial charge is 0.276 e. The molecule has 1 aromatic rings. The third-order valence-corrected chi connectivity index (χ3v) is 3.27. The first-order valence-electron chi connectivity index (χ1n) is 6.54. The zero-order valence-electron chi connectivity index (χ0n) is 10.8. The van der Waals surface area contributed by atoms with Crippen LogP contribution in [0.3, 0.4) is 0 Å². The molecule has 0 bridgehead atoms. The number of nitrogens with one attached hydrogen (secondary N) is 2. The number of nitrogen functional groups attached to an aromatic ring is 1. The van der Waals surface area contributed by atoms with Crippen LogP contribution in [0.1, 0.15) is 26.2 Å². The Balaban J connectivity index is 2.08. The number of hydrogen-bond acceptors (Lipinski definition) is 5. The second-order valence-corrected chi connectivity index (χ2v) is 4.71. The molecular formula is C12H21N5O. The van der Waals surface area contributed by atoms with Crippen molar-refractivity contribution in [1.82, 2.24) is 15.3 Å². The Labute approximate surface area is 107 Å². The quantitative estimate of drug-likeness (QED) is 0.717. The summed E-state index contributed by atoms with van der Waals surface area (Å²) < 4.78 is 0. The van der Waals surface area contributed by atoms with Gasteiger partial charge in [-0.2, -0.15) is 0 Å². The molecule has 100 valence electrons. The Morgan fingerprint density at radius 1 is 1.67 bits per heavy atom. The van der Waals surface area contributed by atoms with Gasteiger partial charge in [0.05, 0.1) is 6.33 Å². The van der Waals surface area contributed by atoms with Gasteiger partial charge in [-0.05, 0) is 25.8 Å². The Morgan fingerprint density at radius 2 is 2.50 bits per heavy atom. The highest BCUT2D eigenvalue weighted by Crippen LogP contribution is 2.20. The molecule has 6 nitrogen and oxygen atoms in total. The zero-order valence-corrected chi connectivity index (χ0v) is 10.8. The largest absolute Gasteiger partial charge is 0.391 e. The minimum atomic E-state index is -0.261. The first kappa shape index (κ1) is 12.9. The fourth-order valence-electron chi connectivity index (χ4n) is 2.34. The SMILES string of the molecule is CCCNC1CCCN(c2nc[nH]c(=O)c2N)C1. The van der Waals surface area contributed by atoms with Gasteiger partial charge < -0.3 is 20.9 Å². The summed E-state index contributed by atoms with van der Waals surface area (Å²) in [6, 6.07) is 0.458. The van der Waals surface area contributed by atoms with E-state index in [4.69, 9.17) is 5.73 Å². The van der Waals surface area contributed by atoms with Crippen molar-refractivity contribution in [3.05, 3.63) is 16.7 Å². The number of rotatable bonds is 4. The van der Waals surface area contributed by atoms with Crippen LogP contribution < -0.4 is 21.5 Å². The molecule has 6 heteroatoms. The van der Waals surface area contributed by atoms with Gasteiger partial charge in [0.15, 0.2) is 5.82 Å². The van der Waals surface area contributed by atoms with E-state index in [1.807, 2.05) is 0 Å². The van der Waals surface area contributed by atoms with Crippen LogP contribution in [0.15, 0.2) is 11.1 Å². The molecule has 1 atom stereocenters. The molecule has 4 N–H and O–H groups in total. The van der Waals surface area contributed by atoms with Crippen molar-refractivity contribution in [1.29, 1.82) is 0 Å². The maximum atomic E-state index is 11.5. The van der Waals surface area contributed by atoms with Crippen molar-refractivity contribution in [2.24, 2.45) is 0 Å². The summed E-state index contributed by atoms with van der Waals surface area (Å²) in [6.45, 7) is 4.95. The fraction of sp³-hybridized carbons (Fsp3) is 0.667. The average Bonchev–Trinajstić information content (AvgIpc) is 2.40. The molecule has 0 saturated carbocycles. The maximum Gasteiger partial charge on any atom is 0.276 e. The van der Waals surface area contributed by atoms with Gasteiger partial charge in [0, 0.05) is 19.1 Å². The molecule has 2 heterocycles. The van der Waals surface area contributed by atoms with Gasteiger partial charge in [-0.15, -0.1) is 0 Å². The summed E-state index contributed by atoms with van der Waals surface area (Å²) in [5.41, 5.74) is 5.75. The molecule has 1 aromatic heterocycles. The van der Waals surface area contributed by atoms with Crippen LogP contribution in [0.2, 0.25) is 0 Å². The van der Waals surface area contributed by atoms with Crippen molar-refractivity contribution in [3.63, 3.8) is 0 Å². The van der Waals surface area contributed by atoms with Crippen LogP contribution in [0.25, 0.3) is 0 Å². The zero-order chi connectivity index (χ0) is 13.0. The summed E-state index contributed by atoms with van der Waals surface area (Å²) >= 11 is 0. The monoisotopic (exact) mass is 251 g/mol. The van der Waals surface area contributed by atoms with Crippen molar-refractivity contribution < 1.29 is 0 Å². The molecule has 0 aromatic carbocycles. The minimum absolute atomic E-state index is 0.216. The molecule has 0 amide bonds. The van der Waals surface area contributed by atoms with Gasteiger partial charge in [0.25, 0.3) is 5.56 Å². The van der Waals surface area contributed by atoms with Crippen molar-refractivity contribution in [2.45, 2.75) is 32.2 Å². The topological polar surface area (TPSA) is 87.0 Å². The highest BCUT2D eigenvalue weighted by molar-refractivity contribution is 5.61.